The predicted molar refractivity (Wildman–Crippen MR) is 85.5 cm³/mol. The van der Waals surface area contributed by atoms with E-state index in [0.29, 0.717) is 19.0 Å². The van der Waals surface area contributed by atoms with Crippen molar-refractivity contribution >= 4 is 12.0 Å². The van der Waals surface area contributed by atoms with Gasteiger partial charge in [-0.2, -0.15) is 0 Å². The third-order valence-corrected chi connectivity index (χ3v) is 4.48. The summed E-state index contributed by atoms with van der Waals surface area (Å²) in [7, 11) is 0. The number of nitrogens with zero attached hydrogens (tertiary/aromatic N) is 1. The molecule has 1 saturated carbocycles. The van der Waals surface area contributed by atoms with Crippen LogP contribution in [-0.2, 0) is 9.53 Å². The van der Waals surface area contributed by atoms with E-state index in [-0.39, 0.29) is 17.9 Å². The number of hydrogen-bond donors (Lipinski definition) is 1. The van der Waals surface area contributed by atoms with Gasteiger partial charge < -0.3 is 15.0 Å². The van der Waals surface area contributed by atoms with Crippen LogP contribution in [0.4, 0.5) is 4.79 Å². The van der Waals surface area contributed by atoms with Gasteiger partial charge >= 0.3 is 6.09 Å². The minimum atomic E-state index is -0.454. The van der Waals surface area contributed by atoms with Crippen molar-refractivity contribution in [3.8, 4) is 0 Å². The van der Waals surface area contributed by atoms with E-state index in [2.05, 4.69) is 5.32 Å². The van der Waals surface area contributed by atoms with Gasteiger partial charge in [0.2, 0.25) is 5.91 Å². The van der Waals surface area contributed by atoms with Crippen LogP contribution in [0.3, 0.4) is 0 Å². The van der Waals surface area contributed by atoms with Crippen molar-refractivity contribution in [2.75, 3.05) is 19.6 Å². The maximum atomic E-state index is 12.1. The summed E-state index contributed by atoms with van der Waals surface area (Å²) in [5.41, 5.74) is -0.454. The lowest BCUT2D eigenvalue weighted by atomic mass is 9.88. The Balaban J connectivity index is 1.70. The van der Waals surface area contributed by atoms with Crippen LogP contribution in [0.5, 0.6) is 0 Å². The minimum Gasteiger partial charge on any atom is -0.444 e. The van der Waals surface area contributed by atoms with E-state index < -0.39 is 5.60 Å². The van der Waals surface area contributed by atoms with Crippen molar-refractivity contribution in [3.05, 3.63) is 0 Å². The number of carbonyl (C=O) groups excluding carboxylic acids is 2. The van der Waals surface area contributed by atoms with Crippen molar-refractivity contribution in [2.45, 2.75) is 64.9 Å². The molecule has 1 aliphatic heterocycles. The van der Waals surface area contributed by atoms with Crippen LogP contribution in [-0.4, -0.2) is 42.1 Å². The van der Waals surface area contributed by atoms with E-state index in [1.54, 1.807) is 4.90 Å². The molecule has 0 bridgehead atoms. The predicted octanol–water partition coefficient (Wildman–Crippen LogP) is 2.94. The number of hydrogen-bond acceptors (Lipinski definition) is 3. The number of carbonyl (C=O) groups is 2. The Morgan fingerprint density at radius 3 is 2.45 bits per heavy atom. The highest BCUT2D eigenvalue weighted by atomic mass is 16.6. The lowest BCUT2D eigenvalue weighted by molar-refractivity contribution is -0.126. The van der Waals surface area contributed by atoms with Crippen LogP contribution in [0.2, 0.25) is 0 Å². The van der Waals surface area contributed by atoms with Gasteiger partial charge in [-0.25, -0.2) is 4.79 Å². The Hall–Kier alpha value is -1.26. The summed E-state index contributed by atoms with van der Waals surface area (Å²) in [5.74, 6) is 0.757. The largest absolute Gasteiger partial charge is 0.444 e. The Labute approximate surface area is 133 Å². The second-order valence-electron chi connectivity index (χ2n) is 7.66. The minimum absolute atomic E-state index is 0.204. The van der Waals surface area contributed by atoms with Crippen molar-refractivity contribution in [1.82, 2.24) is 10.2 Å². The maximum Gasteiger partial charge on any atom is 0.410 e. The normalized spacial score (nSPS) is 23.4. The molecule has 5 heteroatoms. The third-order valence-electron chi connectivity index (χ3n) is 4.48. The fraction of sp³-hybridized carbons (Fsp3) is 0.882. The molecule has 0 spiro atoms. The summed E-state index contributed by atoms with van der Waals surface area (Å²) in [5, 5.41) is 3.08. The van der Waals surface area contributed by atoms with Gasteiger partial charge in [0.05, 0.1) is 0 Å². The molecule has 1 heterocycles. The summed E-state index contributed by atoms with van der Waals surface area (Å²) in [6, 6.07) is 0. The van der Waals surface area contributed by atoms with E-state index in [0.717, 1.165) is 25.8 Å². The molecule has 1 aliphatic carbocycles. The molecule has 22 heavy (non-hydrogen) atoms. The van der Waals surface area contributed by atoms with E-state index in [4.69, 9.17) is 4.74 Å². The van der Waals surface area contributed by atoms with Crippen LogP contribution in [0.25, 0.3) is 0 Å². The Morgan fingerprint density at radius 1 is 1.14 bits per heavy atom. The molecule has 2 rings (SSSR count). The summed E-state index contributed by atoms with van der Waals surface area (Å²) < 4.78 is 5.39. The molecule has 0 aromatic heterocycles. The third kappa shape index (κ3) is 5.18. The van der Waals surface area contributed by atoms with Crippen molar-refractivity contribution in [1.29, 1.82) is 0 Å². The van der Waals surface area contributed by atoms with Crippen LogP contribution < -0.4 is 5.32 Å². The summed E-state index contributed by atoms with van der Waals surface area (Å²) >= 11 is 0. The molecule has 0 radical (unpaired) electrons. The Morgan fingerprint density at radius 2 is 1.82 bits per heavy atom. The number of rotatable bonds is 3. The van der Waals surface area contributed by atoms with Gasteiger partial charge in [-0.05, 0) is 46.0 Å². The number of ether oxygens (including phenoxy) is 1. The second-order valence-corrected chi connectivity index (χ2v) is 7.66. The smallest absolute Gasteiger partial charge is 0.410 e. The molecule has 1 atom stereocenters. The van der Waals surface area contributed by atoms with Crippen molar-refractivity contribution in [3.63, 3.8) is 0 Å². The van der Waals surface area contributed by atoms with Gasteiger partial charge in [0, 0.05) is 25.6 Å². The van der Waals surface area contributed by atoms with E-state index in [1.807, 2.05) is 20.8 Å². The second kappa shape index (κ2) is 7.34. The van der Waals surface area contributed by atoms with Crippen LogP contribution >= 0.6 is 0 Å². The van der Waals surface area contributed by atoms with Gasteiger partial charge in [0.25, 0.3) is 0 Å². The molecule has 2 fully saturated rings. The van der Waals surface area contributed by atoms with Crippen LogP contribution in [0.1, 0.15) is 59.3 Å². The first-order chi connectivity index (χ1) is 10.3. The zero-order valence-corrected chi connectivity index (χ0v) is 14.2. The van der Waals surface area contributed by atoms with Crippen molar-refractivity contribution in [2.24, 2.45) is 11.8 Å². The lowest BCUT2D eigenvalue weighted by Gasteiger charge is -2.24. The average molecular weight is 310 g/mol. The van der Waals surface area contributed by atoms with Gasteiger partial charge in [-0.1, -0.05) is 19.3 Å². The monoisotopic (exact) mass is 310 g/mol. The Bertz CT molecular complexity index is 397. The molecule has 0 aromatic rings. The highest BCUT2D eigenvalue weighted by Gasteiger charge is 2.30. The number of amides is 2. The van der Waals surface area contributed by atoms with Gasteiger partial charge in [-0.15, -0.1) is 0 Å². The van der Waals surface area contributed by atoms with E-state index in [1.165, 1.54) is 19.3 Å². The standard InChI is InChI=1S/C17H30N2O3/c1-17(2,3)22-16(21)19-10-9-13(12-19)11-18-15(20)14-7-5-4-6-8-14/h13-14H,4-12H2,1-3H3,(H,18,20)/t13-/m0/s1. The van der Waals surface area contributed by atoms with Crippen LogP contribution in [0.15, 0.2) is 0 Å². The van der Waals surface area contributed by atoms with Crippen LogP contribution in [0, 0.1) is 11.8 Å². The zero-order valence-electron chi connectivity index (χ0n) is 14.2. The average Bonchev–Trinajstić information content (AvgIpc) is 2.93. The summed E-state index contributed by atoms with van der Waals surface area (Å²) in [4.78, 5) is 25.9. The first-order valence-corrected chi connectivity index (χ1v) is 8.61. The molecular weight excluding hydrogens is 280 g/mol. The molecular formula is C17H30N2O3. The van der Waals surface area contributed by atoms with Gasteiger partial charge in [0.15, 0.2) is 0 Å². The first kappa shape index (κ1) is 17.1. The highest BCUT2D eigenvalue weighted by molar-refractivity contribution is 5.78. The molecule has 5 nitrogen and oxygen atoms in total. The first-order valence-electron chi connectivity index (χ1n) is 8.61. The fourth-order valence-corrected chi connectivity index (χ4v) is 3.25. The maximum absolute atomic E-state index is 12.1. The summed E-state index contributed by atoms with van der Waals surface area (Å²) in [6.07, 6.45) is 6.36. The number of likely N-dealkylation sites (tertiary alicyclic amines) is 1. The van der Waals surface area contributed by atoms with Crippen molar-refractivity contribution < 1.29 is 14.3 Å². The van der Waals surface area contributed by atoms with E-state index >= 15 is 0 Å². The number of nitrogens with one attached hydrogen (secondary N) is 1. The SMILES string of the molecule is CC(C)(C)OC(=O)N1CC[C@@H](CNC(=O)C2CCCCC2)C1. The molecule has 2 aliphatic rings. The van der Waals surface area contributed by atoms with E-state index in [9.17, 15) is 9.59 Å². The summed E-state index contributed by atoms with van der Waals surface area (Å²) in [6.45, 7) is 7.71. The molecule has 0 aromatic carbocycles. The Kier molecular flexibility index (Phi) is 5.70. The fourth-order valence-electron chi connectivity index (χ4n) is 3.25. The van der Waals surface area contributed by atoms with Gasteiger partial charge in [0.1, 0.15) is 5.60 Å². The topological polar surface area (TPSA) is 58.6 Å². The zero-order chi connectivity index (χ0) is 16.2. The molecule has 0 unspecified atom stereocenters. The molecule has 1 N–H and O–H groups in total. The molecule has 2 amide bonds. The van der Waals surface area contributed by atoms with Gasteiger partial charge in [-0.3, -0.25) is 4.79 Å². The lowest BCUT2D eigenvalue weighted by Crippen LogP contribution is -2.38. The molecule has 1 saturated heterocycles. The highest BCUT2D eigenvalue weighted by Crippen LogP contribution is 2.24. The quantitative estimate of drug-likeness (QED) is 0.872. The molecule has 126 valence electrons.